The highest BCUT2D eigenvalue weighted by Crippen LogP contribution is 2.23. The number of hydrogen-bond acceptors (Lipinski definition) is 4. The number of hydrazine groups is 1. The largest absolute Gasteiger partial charge is 0.496 e. The monoisotopic (exact) mass is 454 g/mol. The predicted octanol–water partition coefficient (Wildman–Crippen LogP) is 4.11. The van der Waals surface area contributed by atoms with Gasteiger partial charge in [-0.2, -0.15) is 0 Å². The minimum Gasteiger partial charge on any atom is -0.496 e. The Labute approximate surface area is 176 Å². The fourth-order valence-corrected chi connectivity index (χ4v) is 2.98. The number of carbonyl (C=O) groups is 2. The second kappa shape index (κ2) is 9.75. The molecule has 29 heavy (non-hydrogen) atoms. The number of halogens is 1. The van der Waals surface area contributed by atoms with E-state index in [9.17, 15) is 9.59 Å². The zero-order valence-electron chi connectivity index (χ0n) is 15.6. The average molecular weight is 455 g/mol. The molecular weight excluding hydrogens is 436 g/mol. The van der Waals surface area contributed by atoms with Gasteiger partial charge in [0.1, 0.15) is 18.1 Å². The van der Waals surface area contributed by atoms with Crippen LogP contribution in [0.25, 0.3) is 0 Å². The van der Waals surface area contributed by atoms with Crippen molar-refractivity contribution in [3.8, 4) is 11.5 Å². The number of rotatable bonds is 6. The van der Waals surface area contributed by atoms with Gasteiger partial charge in [0.05, 0.1) is 18.2 Å². The van der Waals surface area contributed by atoms with Crippen molar-refractivity contribution in [2.45, 2.75) is 6.61 Å². The highest BCUT2D eigenvalue weighted by molar-refractivity contribution is 9.10. The van der Waals surface area contributed by atoms with Crippen LogP contribution in [0.15, 0.2) is 77.3 Å². The summed E-state index contributed by atoms with van der Waals surface area (Å²) in [6, 6.07) is 21.5. The number of benzene rings is 3. The van der Waals surface area contributed by atoms with Crippen molar-refractivity contribution in [2.75, 3.05) is 7.11 Å². The van der Waals surface area contributed by atoms with Crippen LogP contribution in [-0.4, -0.2) is 18.9 Å². The molecule has 0 saturated carbocycles. The molecule has 3 rings (SSSR count). The molecule has 7 heteroatoms. The zero-order valence-corrected chi connectivity index (χ0v) is 17.2. The van der Waals surface area contributed by atoms with E-state index in [4.69, 9.17) is 9.47 Å². The van der Waals surface area contributed by atoms with E-state index in [1.54, 1.807) is 42.5 Å². The average Bonchev–Trinajstić information content (AvgIpc) is 2.76. The number of amides is 2. The second-order valence-electron chi connectivity index (χ2n) is 6.02. The van der Waals surface area contributed by atoms with Crippen molar-refractivity contribution in [1.29, 1.82) is 0 Å². The molecule has 0 aromatic heterocycles. The van der Waals surface area contributed by atoms with E-state index in [1.165, 1.54) is 7.11 Å². The molecule has 3 aromatic rings. The van der Waals surface area contributed by atoms with E-state index in [0.29, 0.717) is 23.7 Å². The number of para-hydroxylation sites is 1. The number of carbonyl (C=O) groups excluding carboxylic acids is 2. The highest BCUT2D eigenvalue weighted by Gasteiger charge is 2.16. The number of ether oxygens (including phenoxy) is 2. The molecule has 3 aromatic carbocycles. The van der Waals surface area contributed by atoms with Gasteiger partial charge in [0.25, 0.3) is 11.8 Å². The molecule has 0 bridgehead atoms. The Balaban J connectivity index is 1.67. The third-order valence-corrected chi connectivity index (χ3v) is 4.56. The number of nitrogens with one attached hydrogen (secondary N) is 2. The third kappa shape index (κ3) is 5.36. The van der Waals surface area contributed by atoms with Crippen molar-refractivity contribution in [3.63, 3.8) is 0 Å². The van der Waals surface area contributed by atoms with E-state index >= 15 is 0 Å². The molecule has 0 aliphatic carbocycles. The standard InChI is InChI=1S/C22H19BrN2O4/c1-28-19-12-11-16(23)13-18(19)22(27)25-24-21(26)17-9-5-6-10-20(17)29-14-15-7-3-2-4-8-15/h2-13H,14H2,1H3,(H,24,26)(H,25,27). The Morgan fingerprint density at radius 3 is 2.21 bits per heavy atom. The van der Waals surface area contributed by atoms with E-state index in [-0.39, 0.29) is 5.56 Å². The first-order chi connectivity index (χ1) is 14.1. The van der Waals surface area contributed by atoms with Crippen LogP contribution in [0.1, 0.15) is 26.3 Å². The van der Waals surface area contributed by atoms with Gasteiger partial charge in [0.2, 0.25) is 0 Å². The maximum atomic E-state index is 12.6. The summed E-state index contributed by atoms with van der Waals surface area (Å²) < 4.78 is 11.7. The third-order valence-electron chi connectivity index (χ3n) is 4.06. The van der Waals surface area contributed by atoms with Gasteiger partial charge in [-0.1, -0.05) is 58.4 Å². The summed E-state index contributed by atoms with van der Waals surface area (Å²) >= 11 is 3.32. The molecule has 0 spiro atoms. The predicted molar refractivity (Wildman–Crippen MR) is 113 cm³/mol. The summed E-state index contributed by atoms with van der Waals surface area (Å²) in [7, 11) is 1.47. The lowest BCUT2D eigenvalue weighted by Gasteiger charge is -2.13. The Hall–Kier alpha value is -3.32. The Kier molecular flexibility index (Phi) is 6.86. The van der Waals surface area contributed by atoms with E-state index in [1.807, 2.05) is 30.3 Å². The topological polar surface area (TPSA) is 76.7 Å². The van der Waals surface area contributed by atoms with Gasteiger partial charge in [-0.05, 0) is 35.9 Å². The van der Waals surface area contributed by atoms with Crippen LogP contribution in [0.4, 0.5) is 0 Å². The van der Waals surface area contributed by atoms with Crippen LogP contribution >= 0.6 is 15.9 Å². The van der Waals surface area contributed by atoms with Crippen LogP contribution in [0.2, 0.25) is 0 Å². The van der Waals surface area contributed by atoms with Gasteiger partial charge < -0.3 is 9.47 Å². The Bertz CT molecular complexity index is 1010. The zero-order chi connectivity index (χ0) is 20.6. The van der Waals surface area contributed by atoms with Gasteiger partial charge in [-0.15, -0.1) is 0 Å². The molecule has 148 valence electrons. The summed E-state index contributed by atoms with van der Waals surface area (Å²) in [6.45, 7) is 0.326. The summed E-state index contributed by atoms with van der Waals surface area (Å²) in [4.78, 5) is 25.0. The molecule has 0 aliphatic rings. The fourth-order valence-electron chi connectivity index (χ4n) is 2.62. The van der Waals surface area contributed by atoms with Crippen LogP contribution < -0.4 is 20.3 Å². The molecule has 2 amide bonds. The van der Waals surface area contributed by atoms with Crippen molar-refractivity contribution >= 4 is 27.7 Å². The lowest BCUT2D eigenvalue weighted by molar-refractivity contribution is 0.0842. The number of hydrogen-bond donors (Lipinski definition) is 2. The summed E-state index contributed by atoms with van der Waals surface area (Å²) in [5.74, 6) is -0.176. The first kappa shape index (κ1) is 20.4. The van der Waals surface area contributed by atoms with Crippen molar-refractivity contribution in [2.24, 2.45) is 0 Å². The minimum absolute atomic E-state index is 0.288. The Morgan fingerprint density at radius 2 is 1.48 bits per heavy atom. The molecule has 0 aliphatic heterocycles. The first-order valence-corrected chi connectivity index (χ1v) is 9.58. The van der Waals surface area contributed by atoms with Crippen molar-refractivity contribution in [3.05, 3.63) is 94.0 Å². The Morgan fingerprint density at radius 1 is 0.828 bits per heavy atom. The van der Waals surface area contributed by atoms with E-state index < -0.39 is 11.8 Å². The van der Waals surface area contributed by atoms with Crippen molar-refractivity contribution in [1.82, 2.24) is 10.9 Å². The fraction of sp³-hybridized carbons (Fsp3) is 0.0909. The quantitative estimate of drug-likeness (QED) is 0.549. The molecule has 0 radical (unpaired) electrons. The maximum Gasteiger partial charge on any atom is 0.273 e. The van der Waals surface area contributed by atoms with Crippen molar-refractivity contribution < 1.29 is 19.1 Å². The molecule has 2 N–H and O–H groups in total. The molecule has 6 nitrogen and oxygen atoms in total. The maximum absolute atomic E-state index is 12.6. The lowest BCUT2D eigenvalue weighted by atomic mass is 10.2. The SMILES string of the molecule is COc1ccc(Br)cc1C(=O)NNC(=O)c1ccccc1OCc1ccccc1. The summed E-state index contributed by atoms with van der Waals surface area (Å²) in [5.41, 5.74) is 6.40. The van der Waals surface area contributed by atoms with Crippen LogP contribution in [0.3, 0.4) is 0 Å². The second-order valence-corrected chi connectivity index (χ2v) is 6.94. The van der Waals surface area contributed by atoms with Crippen LogP contribution in [0, 0.1) is 0 Å². The normalized spacial score (nSPS) is 10.1. The van der Waals surface area contributed by atoms with E-state index in [0.717, 1.165) is 10.0 Å². The highest BCUT2D eigenvalue weighted by atomic mass is 79.9. The van der Waals surface area contributed by atoms with Gasteiger partial charge >= 0.3 is 0 Å². The lowest BCUT2D eigenvalue weighted by Crippen LogP contribution is -2.41. The van der Waals surface area contributed by atoms with Crippen LogP contribution in [0.5, 0.6) is 11.5 Å². The number of methoxy groups -OCH3 is 1. The van der Waals surface area contributed by atoms with Gasteiger partial charge in [0, 0.05) is 4.47 Å². The van der Waals surface area contributed by atoms with Gasteiger partial charge in [-0.25, -0.2) is 0 Å². The minimum atomic E-state index is -0.501. The van der Waals surface area contributed by atoms with E-state index in [2.05, 4.69) is 26.8 Å². The molecule has 0 heterocycles. The summed E-state index contributed by atoms with van der Waals surface area (Å²) in [6.07, 6.45) is 0. The first-order valence-electron chi connectivity index (χ1n) is 8.78. The molecule has 0 atom stereocenters. The molecule has 0 saturated heterocycles. The smallest absolute Gasteiger partial charge is 0.273 e. The van der Waals surface area contributed by atoms with Gasteiger partial charge in [0.15, 0.2) is 0 Å². The molecule has 0 fully saturated rings. The summed E-state index contributed by atoms with van der Waals surface area (Å²) in [5, 5.41) is 0. The van der Waals surface area contributed by atoms with Crippen LogP contribution in [-0.2, 0) is 6.61 Å². The van der Waals surface area contributed by atoms with Gasteiger partial charge in [-0.3, -0.25) is 20.4 Å². The molecular formula is C22H19BrN2O4. The molecule has 0 unspecified atom stereocenters.